The Morgan fingerprint density at radius 3 is 2.57 bits per heavy atom. The van der Waals surface area contributed by atoms with Gasteiger partial charge in [0.15, 0.2) is 5.69 Å². The van der Waals surface area contributed by atoms with E-state index < -0.39 is 0 Å². The van der Waals surface area contributed by atoms with Crippen molar-refractivity contribution in [1.29, 1.82) is 0 Å². The van der Waals surface area contributed by atoms with Crippen LogP contribution in [0.5, 0.6) is 5.75 Å². The summed E-state index contributed by atoms with van der Waals surface area (Å²) >= 11 is 0. The second kappa shape index (κ2) is 7.63. The summed E-state index contributed by atoms with van der Waals surface area (Å²) in [4.78, 5) is 21.0. The standard InChI is InChI=1S/C19H19FN6O2/c1-28-16-6-7-21-18(12-16)24-8-10-25(11-9-24)19(27)17-13-26(23-22-17)15-4-2-14(20)3-5-15/h2-7,12-13H,8-11H2,1H3. The summed E-state index contributed by atoms with van der Waals surface area (Å²) in [5, 5.41) is 7.95. The van der Waals surface area contributed by atoms with E-state index in [1.54, 1.807) is 42.6 Å². The minimum Gasteiger partial charge on any atom is -0.497 e. The fraction of sp³-hybridized carbons (Fsp3) is 0.263. The Kier molecular flexibility index (Phi) is 4.88. The lowest BCUT2D eigenvalue weighted by Gasteiger charge is -2.35. The molecule has 0 bridgehead atoms. The van der Waals surface area contributed by atoms with Gasteiger partial charge in [0.1, 0.15) is 17.4 Å². The number of rotatable bonds is 4. The second-order valence-corrected chi connectivity index (χ2v) is 6.36. The molecule has 0 spiro atoms. The van der Waals surface area contributed by atoms with Crippen LogP contribution in [0.3, 0.4) is 0 Å². The van der Waals surface area contributed by atoms with Crippen molar-refractivity contribution in [2.45, 2.75) is 0 Å². The highest BCUT2D eigenvalue weighted by atomic mass is 19.1. The van der Waals surface area contributed by atoms with Gasteiger partial charge in [-0.1, -0.05) is 5.21 Å². The molecule has 0 aliphatic carbocycles. The second-order valence-electron chi connectivity index (χ2n) is 6.36. The molecular formula is C19H19FN6O2. The number of carbonyl (C=O) groups excluding carboxylic acids is 1. The first-order valence-electron chi connectivity index (χ1n) is 8.86. The summed E-state index contributed by atoms with van der Waals surface area (Å²) in [5.74, 6) is 1.07. The Morgan fingerprint density at radius 1 is 1.11 bits per heavy atom. The first-order valence-corrected chi connectivity index (χ1v) is 8.86. The minimum absolute atomic E-state index is 0.174. The highest BCUT2D eigenvalue weighted by Gasteiger charge is 2.25. The number of anilines is 1. The van der Waals surface area contributed by atoms with Crippen LogP contribution in [0.25, 0.3) is 5.69 Å². The number of pyridine rings is 1. The summed E-state index contributed by atoms with van der Waals surface area (Å²) in [6.45, 7) is 2.44. The highest BCUT2D eigenvalue weighted by Crippen LogP contribution is 2.20. The molecular weight excluding hydrogens is 363 g/mol. The number of methoxy groups -OCH3 is 1. The van der Waals surface area contributed by atoms with Crippen molar-refractivity contribution in [3.05, 3.63) is 60.3 Å². The average Bonchev–Trinajstić information content (AvgIpc) is 3.24. The van der Waals surface area contributed by atoms with Gasteiger partial charge in [0, 0.05) is 38.4 Å². The molecule has 0 N–H and O–H groups in total. The van der Waals surface area contributed by atoms with Gasteiger partial charge in [-0.15, -0.1) is 5.10 Å². The average molecular weight is 382 g/mol. The Balaban J connectivity index is 1.41. The van der Waals surface area contributed by atoms with E-state index in [1.807, 2.05) is 6.07 Å². The van der Waals surface area contributed by atoms with Crippen LogP contribution < -0.4 is 9.64 Å². The lowest BCUT2D eigenvalue weighted by atomic mass is 10.2. The molecule has 1 amide bonds. The molecule has 1 aromatic carbocycles. The molecule has 0 unspecified atom stereocenters. The van der Waals surface area contributed by atoms with Gasteiger partial charge in [0.2, 0.25) is 0 Å². The zero-order valence-corrected chi connectivity index (χ0v) is 15.3. The van der Waals surface area contributed by atoms with Gasteiger partial charge in [-0.2, -0.15) is 0 Å². The van der Waals surface area contributed by atoms with Gasteiger partial charge in [-0.25, -0.2) is 14.1 Å². The van der Waals surface area contributed by atoms with E-state index in [9.17, 15) is 9.18 Å². The van der Waals surface area contributed by atoms with Crippen LogP contribution in [-0.2, 0) is 0 Å². The van der Waals surface area contributed by atoms with Gasteiger partial charge in [-0.05, 0) is 30.3 Å². The lowest BCUT2D eigenvalue weighted by Crippen LogP contribution is -2.49. The summed E-state index contributed by atoms with van der Waals surface area (Å²) < 4.78 is 19.8. The van der Waals surface area contributed by atoms with Crippen LogP contribution in [0.2, 0.25) is 0 Å². The van der Waals surface area contributed by atoms with Gasteiger partial charge >= 0.3 is 0 Å². The van der Waals surface area contributed by atoms with Crippen molar-refractivity contribution >= 4 is 11.7 Å². The normalized spacial score (nSPS) is 14.2. The largest absolute Gasteiger partial charge is 0.497 e. The number of hydrogen-bond donors (Lipinski definition) is 0. The number of aromatic nitrogens is 4. The van der Waals surface area contributed by atoms with E-state index >= 15 is 0 Å². The summed E-state index contributed by atoms with van der Waals surface area (Å²) in [6, 6.07) is 9.52. The number of hydrogen-bond acceptors (Lipinski definition) is 6. The molecule has 8 nitrogen and oxygen atoms in total. The molecule has 9 heteroatoms. The van der Waals surface area contributed by atoms with Crippen molar-refractivity contribution in [1.82, 2.24) is 24.9 Å². The third-order valence-electron chi connectivity index (χ3n) is 4.65. The lowest BCUT2D eigenvalue weighted by molar-refractivity contribution is 0.0740. The topological polar surface area (TPSA) is 76.4 Å². The first kappa shape index (κ1) is 17.9. The molecule has 144 valence electrons. The number of amides is 1. The molecule has 1 aliphatic rings. The molecule has 1 aliphatic heterocycles. The van der Waals surface area contributed by atoms with Crippen molar-refractivity contribution in [2.75, 3.05) is 38.2 Å². The third-order valence-corrected chi connectivity index (χ3v) is 4.65. The first-order chi connectivity index (χ1) is 13.6. The molecule has 0 atom stereocenters. The van der Waals surface area contributed by atoms with Crippen molar-refractivity contribution in [3.8, 4) is 11.4 Å². The van der Waals surface area contributed by atoms with Crippen molar-refractivity contribution < 1.29 is 13.9 Å². The van der Waals surface area contributed by atoms with Crippen LogP contribution in [0, 0.1) is 5.82 Å². The van der Waals surface area contributed by atoms with E-state index in [4.69, 9.17) is 4.74 Å². The summed E-state index contributed by atoms with van der Waals surface area (Å²) in [5.41, 5.74) is 0.902. The summed E-state index contributed by atoms with van der Waals surface area (Å²) in [6.07, 6.45) is 3.27. The molecule has 4 rings (SSSR count). The molecule has 1 fully saturated rings. The molecule has 1 saturated heterocycles. The maximum absolute atomic E-state index is 13.1. The zero-order valence-electron chi connectivity index (χ0n) is 15.3. The molecule has 0 saturated carbocycles. The van der Waals surface area contributed by atoms with Gasteiger partial charge in [0.25, 0.3) is 5.91 Å². The Morgan fingerprint density at radius 2 is 1.86 bits per heavy atom. The number of nitrogens with zero attached hydrogens (tertiary/aromatic N) is 6. The van der Waals surface area contributed by atoms with E-state index in [1.165, 1.54) is 16.8 Å². The molecule has 2 aromatic heterocycles. The van der Waals surface area contributed by atoms with E-state index in [0.717, 1.165) is 11.6 Å². The van der Waals surface area contributed by atoms with E-state index in [2.05, 4.69) is 20.2 Å². The van der Waals surface area contributed by atoms with Crippen LogP contribution in [0.4, 0.5) is 10.2 Å². The molecule has 0 radical (unpaired) electrons. The number of piperazine rings is 1. The minimum atomic E-state index is -0.330. The van der Waals surface area contributed by atoms with E-state index in [0.29, 0.717) is 31.9 Å². The van der Waals surface area contributed by atoms with Crippen LogP contribution in [-0.4, -0.2) is 64.1 Å². The SMILES string of the molecule is COc1ccnc(N2CCN(C(=O)c3cn(-c4ccc(F)cc4)nn3)CC2)c1. The summed E-state index contributed by atoms with van der Waals surface area (Å²) in [7, 11) is 1.62. The Hall–Kier alpha value is -3.49. The van der Waals surface area contributed by atoms with Crippen LogP contribution in [0.1, 0.15) is 10.5 Å². The fourth-order valence-corrected chi connectivity index (χ4v) is 3.08. The number of ether oxygens (including phenoxy) is 1. The number of benzene rings is 1. The third kappa shape index (κ3) is 3.64. The maximum Gasteiger partial charge on any atom is 0.276 e. The number of carbonyl (C=O) groups is 1. The molecule has 3 heterocycles. The fourth-order valence-electron chi connectivity index (χ4n) is 3.08. The smallest absolute Gasteiger partial charge is 0.276 e. The molecule has 3 aromatic rings. The predicted molar refractivity (Wildman–Crippen MR) is 100 cm³/mol. The van der Waals surface area contributed by atoms with Crippen LogP contribution >= 0.6 is 0 Å². The van der Waals surface area contributed by atoms with Crippen molar-refractivity contribution in [3.63, 3.8) is 0 Å². The molecule has 28 heavy (non-hydrogen) atoms. The van der Waals surface area contributed by atoms with Crippen molar-refractivity contribution in [2.24, 2.45) is 0 Å². The Bertz CT molecular complexity index is 967. The van der Waals surface area contributed by atoms with Gasteiger partial charge in [-0.3, -0.25) is 4.79 Å². The van der Waals surface area contributed by atoms with Crippen LogP contribution in [0.15, 0.2) is 48.8 Å². The zero-order chi connectivity index (χ0) is 19.5. The Labute approximate surface area is 161 Å². The quantitative estimate of drug-likeness (QED) is 0.685. The monoisotopic (exact) mass is 382 g/mol. The van der Waals surface area contributed by atoms with Gasteiger partial charge in [0.05, 0.1) is 19.0 Å². The highest BCUT2D eigenvalue weighted by molar-refractivity contribution is 5.92. The van der Waals surface area contributed by atoms with E-state index in [-0.39, 0.29) is 17.4 Å². The predicted octanol–water partition coefficient (Wildman–Crippen LogP) is 1.77. The number of halogens is 1. The maximum atomic E-state index is 13.1. The van der Waals surface area contributed by atoms with Gasteiger partial charge < -0.3 is 14.5 Å².